The summed E-state index contributed by atoms with van der Waals surface area (Å²) in [6.07, 6.45) is 2.96. The summed E-state index contributed by atoms with van der Waals surface area (Å²) >= 11 is 0. The van der Waals surface area contributed by atoms with Gasteiger partial charge in [0.05, 0.1) is 5.75 Å². The van der Waals surface area contributed by atoms with Crippen LogP contribution in [-0.4, -0.2) is 62.8 Å². The smallest absolute Gasteiger partial charge is 0.214 e. The van der Waals surface area contributed by atoms with Crippen LogP contribution >= 0.6 is 0 Å². The minimum Gasteiger partial charge on any atom is -0.486 e. The molecule has 0 bridgehead atoms. The number of hydrogen-bond donors (Lipinski definition) is 0. The molecule has 4 rings (SSSR count). The van der Waals surface area contributed by atoms with E-state index < -0.39 is 10.0 Å². The van der Waals surface area contributed by atoms with Crippen LogP contribution in [0, 0.1) is 0 Å². The Hall–Kier alpha value is -1.31. The molecule has 2 saturated heterocycles. The van der Waals surface area contributed by atoms with Crippen LogP contribution in [0.3, 0.4) is 0 Å². The largest absolute Gasteiger partial charge is 0.486 e. The first-order valence-corrected chi connectivity index (χ1v) is 10.4. The van der Waals surface area contributed by atoms with Crippen molar-refractivity contribution in [3.8, 4) is 11.5 Å². The summed E-state index contributed by atoms with van der Waals surface area (Å²) in [6, 6.07) is 6.37. The molecular weight excluding hydrogens is 328 g/mol. The van der Waals surface area contributed by atoms with Gasteiger partial charge >= 0.3 is 0 Å². The number of sulfonamides is 1. The van der Waals surface area contributed by atoms with E-state index in [1.165, 1.54) is 5.56 Å². The van der Waals surface area contributed by atoms with Gasteiger partial charge in [-0.05, 0) is 31.9 Å². The molecule has 24 heavy (non-hydrogen) atoms. The third-order valence-electron chi connectivity index (χ3n) is 5.16. The van der Waals surface area contributed by atoms with E-state index in [-0.39, 0.29) is 6.04 Å². The molecule has 3 heterocycles. The summed E-state index contributed by atoms with van der Waals surface area (Å²) in [4.78, 5) is 2.39. The Balaban J connectivity index is 1.49. The van der Waals surface area contributed by atoms with E-state index in [1.807, 2.05) is 12.1 Å². The molecule has 1 unspecified atom stereocenters. The Kier molecular flexibility index (Phi) is 4.40. The molecule has 2 fully saturated rings. The third-order valence-corrected chi connectivity index (χ3v) is 7.12. The number of benzene rings is 1. The zero-order valence-corrected chi connectivity index (χ0v) is 14.6. The van der Waals surface area contributed by atoms with Crippen LogP contribution in [0.2, 0.25) is 0 Å². The number of rotatable bonds is 4. The van der Waals surface area contributed by atoms with Crippen molar-refractivity contribution in [2.45, 2.75) is 25.3 Å². The summed E-state index contributed by atoms with van der Waals surface area (Å²) < 4.78 is 37.2. The Bertz CT molecular complexity index is 707. The fourth-order valence-corrected chi connectivity index (χ4v) is 5.51. The van der Waals surface area contributed by atoms with Crippen molar-refractivity contribution in [3.63, 3.8) is 0 Å². The van der Waals surface area contributed by atoms with Crippen molar-refractivity contribution in [3.05, 3.63) is 23.8 Å². The predicted octanol–water partition coefficient (Wildman–Crippen LogP) is 1.63. The van der Waals surface area contributed by atoms with Crippen LogP contribution in [-0.2, 0) is 10.0 Å². The lowest BCUT2D eigenvalue weighted by atomic mass is 10.0. The lowest BCUT2D eigenvalue weighted by Gasteiger charge is -2.29. The molecule has 6 nitrogen and oxygen atoms in total. The number of para-hydroxylation sites is 1. The average molecular weight is 352 g/mol. The number of likely N-dealkylation sites (tertiary alicyclic amines) is 1. The van der Waals surface area contributed by atoms with Crippen LogP contribution in [0.25, 0.3) is 0 Å². The van der Waals surface area contributed by atoms with Crippen molar-refractivity contribution >= 4 is 10.0 Å². The van der Waals surface area contributed by atoms with Gasteiger partial charge in [-0.25, -0.2) is 12.7 Å². The van der Waals surface area contributed by atoms with E-state index in [4.69, 9.17) is 9.47 Å². The molecule has 132 valence electrons. The van der Waals surface area contributed by atoms with Gasteiger partial charge in [0, 0.05) is 31.2 Å². The van der Waals surface area contributed by atoms with Gasteiger partial charge < -0.3 is 9.47 Å². The number of hydrogen-bond acceptors (Lipinski definition) is 5. The molecule has 1 atom stereocenters. The predicted molar refractivity (Wildman–Crippen MR) is 91.0 cm³/mol. The van der Waals surface area contributed by atoms with Gasteiger partial charge in [0.15, 0.2) is 11.5 Å². The topological polar surface area (TPSA) is 59.1 Å². The Labute approximate surface area is 143 Å². The molecule has 0 aliphatic carbocycles. The van der Waals surface area contributed by atoms with E-state index in [9.17, 15) is 8.42 Å². The van der Waals surface area contributed by atoms with Gasteiger partial charge in [-0.15, -0.1) is 0 Å². The molecule has 3 aliphatic heterocycles. The zero-order chi connectivity index (χ0) is 16.6. The fraction of sp³-hybridized carbons (Fsp3) is 0.647. The Morgan fingerprint density at radius 2 is 1.96 bits per heavy atom. The molecule has 0 spiro atoms. The molecule has 0 amide bonds. The fourth-order valence-electron chi connectivity index (χ4n) is 3.99. The Morgan fingerprint density at radius 1 is 1.08 bits per heavy atom. The first kappa shape index (κ1) is 16.2. The van der Waals surface area contributed by atoms with Crippen LogP contribution in [0.15, 0.2) is 18.2 Å². The zero-order valence-electron chi connectivity index (χ0n) is 13.8. The highest BCUT2D eigenvalue weighted by molar-refractivity contribution is 7.89. The second-order valence-corrected chi connectivity index (χ2v) is 8.72. The van der Waals surface area contributed by atoms with Crippen LogP contribution in [0.1, 0.15) is 30.9 Å². The minimum absolute atomic E-state index is 0.284. The molecule has 1 aromatic rings. The van der Waals surface area contributed by atoms with Crippen molar-refractivity contribution in [1.82, 2.24) is 9.21 Å². The van der Waals surface area contributed by atoms with E-state index in [0.717, 1.165) is 43.9 Å². The van der Waals surface area contributed by atoms with Crippen molar-refractivity contribution < 1.29 is 17.9 Å². The average Bonchev–Trinajstić information content (AvgIpc) is 3.18. The molecule has 0 saturated carbocycles. The molecule has 7 heteroatoms. The third kappa shape index (κ3) is 3.00. The maximum atomic E-state index is 12.0. The number of nitrogens with zero attached hydrogens (tertiary/aromatic N) is 2. The monoisotopic (exact) mass is 352 g/mol. The van der Waals surface area contributed by atoms with Gasteiger partial charge in [0.25, 0.3) is 0 Å². The maximum absolute atomic E-state index is 12.0. The van der Waals surface area contributed by atoms with Gasteiger partial charge in [0.2, 0.25) is 10.0 Å². The highest BCUT2D eigenvalue weighted by Gasteiger charge is 2.33. The van der Waals surface area contributed by atoms with Crippen molar-refractivity contribution in [2.75, 3.05) is 45.1 Å². The Morgan fingerprint density at radius 3 is 2.79 bits per heavy atom. The normalized spacial score (nSPS) is 26.8. The molecule has 1 aromatic carbocycles. The molecule has 0 radical (unpaired) electrons. The quantitative estimate of drug-likeness (QED) is 0.824. The lowest BCUT2D eigenvalue weighted by molar-refractivity contribution is 0.163. The van der Waals surface area contributed by atoms with Crippen LogP contribution < -0.4 is 9.47 Å². The second kappa shape index (κ2) is 6.54. The van der Waals surface area contributed by atoms with E-state index >= 15 is 0 Å². The summed E-state index contributed by atoms with van der Waals surface area (Å²) in [7, 11) is -3.01. The minimum atomic E-state index is -3.01. The molecule has 0 aromatic heterocycles. The standard InChI is InChI=1S/C17H24N2O4S/c20-24(21)13-3-8-19(24)10-9-18-7-2-5-15(18)14-4-1-6-16-17(14)23-12-11-22-16/h1,4,6,15H,2-3,5,7-13H2. The highest BCUT2D eigenvalue weighted by Crippen LogP contribution is 2.42. The second-order valence-electron chi connectivity index (χ2n) is 6.63. The van der Waals surface area contributed by atoms with E-state index in [2.05, 4.69) is 11.0 Å². The lowest BCUT2D eigenvalue weighted by Crippen LogP contribution is -2.36. The van der Waals surface area contributed by atoms with Gasteiger partial charge in [-0.1, -0.05) is 12.1 Å². The van der Waals surface area contributed by atoms with Crippen LogP contribution in [0.4, 0.5) is 0 Å². The first-order chi connectivity index (χ1) is 11.6. The van der Waals surface area contributed by atoms with Gasteiger partial charge in [-0.2, -0.15) is 0 Å². The highest BCUT2D eigenvalue weighted by atomic mass is 32.2. The summed E-state index contributed by atoms with van der Waals surface area (Å²) in [5.74, 6) is 2.00. The summed E-state index contributed by atoms with van der Waals surface area (Å²) in [5.41, 5.74) is 1.17. The molecule has 3 aliphatic rings. The molecular formula is C17H24N2O4S. The number of fused-ring (bicyclic) bond motifs is 1. The maximum Gasteiger partial charge on any atom is 0.214 e. The van der Waals surface area contributed by atoms with E-state index in [1.54, 1.807) is 4.31 Å². The first-order valence-electron chi connectivity index (χ1n) is 8.75. The molecule has 0 N–H and O–H groups in total. The van der Waals surface area contributed by atoms with Gasteiger partial charge in [0.1, 0.15) is 13.2 Å². The van der Waals surface area contributed by atoms with E-state index in [0.29, 0.717) is 32.1 Å². The van der Waals surface area contributed by atoms with Gasteiger partial charge in [-0.3, -0.25) is 4.90 Å². The van der Waals surface area contributed by atoms with Crippen LogP contribution in [0.5, 0.6) is 11.5 Å². The SMILES string of the molecule is O=S1(=O)CCCN1CCN1CCCC1c1cccc2c1OCCO2. The van der Waals surface area contributed by atoms with Crippen molar-refractivity contribution in [1.29, 1.82) is 0 Å². The summed E-state index contributed by atoms with van der Waals surface area (Å²) in [5, 5.41) is 0. The number of ether oxygens (including phenoxy) is 2. The van der Waals surface area contributed by atoms with Crippen molar-refractivity contribution in [2.24, 2.45) is 0 Å². The summed E-state index contributed by atoms with van der Waals surface area (Å²) in [6.45, 7) is 4.21.